The van der Waals surface area contributed by atoms with Crippen LogP contribution in [0.1, 0.15) is 39.2 Å². The van der Waals surface area contributed by atoms with Gasteiger partial charge < -0.3 is 14.0 Å². The molecule has 10 heteroatoms. The summed E-state index contributed by atoms with van der Waals surface area (Å²) in [4.78, 5) is 43.2. The molecular weight excluding hydrogens is 584 g/mol. The first-order valence-corrected chi connectivity index (χ1v) is 18.1. The summed E-state index contributed by atoms with van der Waals surface area (Å²) >= 11 is 0. The number of ether oxygens (including phenoxy) is 2. The van der Waals surface area contributed by atoms with E-state index in [4.69, 9.17) is 9.47 Å². The van der Waals surface area contributed by atoms with Gasteiger partial charge in [-0.25, -0.2) is 9.59 Å². The number of hydrogen-bond acceptors (Lipinski definition) is 6. The van der Waals surface area contributed by atoms with Gasteiger partial charge in [0.05, 0.1) is 12.0 Å². The summed E-state index contributed by atoms with van der Waals surface area (Å²) in [7, 11) is -2.11. The Morgan fingerprint density at radius 2 is 1.33 bits per heavy atom. The van der Waals surface area contributed by atoms with Gasteiger partial charge in [0.25, 0.3) is 0 Å². The molecule has 2 N–H and O–H groups in total. The van der Waals surface area contributed by atoms with E-state index in [2.05, 4.69) is 66.2 Å². The van der Waals surface area contributed by atoms with Gasteiger partial charge in [-0.15, -0.1) is 0 Å². The molecule has 3 aromatic carbocycles. The number of carbonyl (C=O) groups excluding carboxylic acids is 3. The fraction of sp³-hybridized carbons (Fsp3) is 0.314. The predicted octanol–water partition coefficient (Wildman–Crippen LogP) is 7.25. The first-order chi connectivity index (χ1) is 21.5. The summed E-state index contributed by atoms with van der Waals surface area (Å²) in [6.45, 7) is 11.4. The molecule has 0 saturated carbocycles. The van der Waals surface area contributed by atoms with Gasteiger partial charge >= 0.3 is 12.2 Å². The first kappa shape index (κ1) is 33.2. The van der Waals surface area contributed by atoms with E-state index in [0.29, 0.717) is 24.3 Å². The third kappa shape index (κ3) is 8.92. The summed E-state index contributed by atoms with van der Waals surface area (Å²) < 4.78 is 12.7. The van der Waals surface area contributed by atoms with E-state index in [1.807, 2.05) is 30.3 Å². The number of rotatable bonds is 9. The molecule has 0 aliphatic carbocycles. The molecular formula is C35H42N4O5Si. The number of carbonyl (C=O) groups is 3. The molecule has 0 unspecified atom stereocenters. The topological polar surface area (TPSA) is 109 Å². The molecule has 0 aromatic heterocycles. The lowest BCUT2D eigenvalue weighted by molar-refractivity contribution is -0.145. The van der Waals surface area contributed by atoms with Crippen molar-refractivity contribution in [1.29, 1.82) is 0 Å². The Morgan fingerprint density at radius 1 is 0.844 bits per heavy atom. The molecule has 45 heavy (non-hydrogen) atoms. The number of guanidine groups is 1. The normalized spacial score (nSPS) is 16.5. The van der Waals surface area contributed by atoms with Gasteiger partial charge in [0.2, 0.25) is 11.9 Å². The van der Waals surface area contributed by atoms with Crippen molar-refractivity contribution in [3.8, 4) is 11.5 Å². The summed E-state index contributed by atoms with van der Waals surface area (Å²) in [6.07, 6.45) is 3.78. The second-order valence-electron chi connectivity index (χ2n) is 12.4. The van der Waals surface area contributed by atoms with Crippen molar-refractivity contribution in [3.63, 3.8) is 0 Å². The van der Waals surface area contributed by atoms with E-state index in [9.17, 15) is 14.4 Å². The van der Waals surface area contributed by atoms with Gasteiger partial charge in [-0.1, -0.05) is 113 Å². The molecule has 0 bridgehead atoms. The predicted molar refractivity (Wildman–Crippen MR) is 180 cm³/mol. The highest BCUT2D eigenvalue weighted by molar-refractivity contribution is 6.80. The summed E-state index contributed by atoms with van der Waals surface area (Å²) in [5.74, 6) is 0.559. The van der Waals surface area contributed by atoms with E-state index in [1.54, 1.807) is 60.7 Å². The molecule has 1 aliphatic heterocycles. The Hall–Kier alpha value is -4.70. The fourth-order valence-electron chi connectivity index (χ4n) is 4.92. The van der Waals surface area contributed by atoms with Gasteiger partial charge in [0.15, 0.2) is 8.24 Å². The van der Waals surface area contributed by atoms with Crippen LogP contribution in [0.3, 0.4) is 0 Å². The van der Waals surface area contributed by atoms with Gasteiger partial charge in [-0.3, -0.25) is 20.4 Å². The number of nitrogens with one attached hydrogen (secondary N) is 2. The number of amides is 3. The highest BCUT2D eigenvalue weighted by Crippen LogP contribution is 2.46. The van der Waals surface area contributed by atoms with Gasteiger partial charge in [-0.05, 0) is 47.7 Å². The minimum Gasteiger partial charge on any atom is -0.410 e. The lowest BCUT2D eigenvalue weighted by Crippen LogP contribution is -2.72. The van der Waals surface area contributed by atoms with Crippen molar-refractivity contribution in [2.45, 2.75) is 57.8 Å². The van der Waals surface area contributed by atoms with Crippen molar-refractivity contribution in [3.05, 3.63) is 103 Å². The Kier molecular flexibility index (Phi) is 11.0. The maximum Gasteiger partial charge on any atom is 0.419 e. The van der Waals surface area contributed by atoms with E-state index in [1.165, 1.54) is 0 Å². The lowest BCUT2D eigenvalue weighted by Gasteiger charge is -2.58. The molecule has 1 fully saturated rings. The van der Waals surface area contributed by atoms with Crippen LogP contribution in [-0.4, -0.2) is 49.4 Å². The number of β-lactam (4-membered cyclic amide) rings is 1. The number of benzene rings is 3. The molecule has 1 saturated heterocycles. The third-order valence-corrected chi connectivity index (χ3v) is 13.7. The largest absolute Gasteiger partial charge is 0.419 e. The Balaban J connectivity index is 1.44. The van der Waals surface area contributed by atoms with Crippen molar-refractivity contribution in [2.24, 2.45) is 10.9 Å². The monoisotopic (exact) mass is 626 g/mol. The molecule has 2 atom stereocenters. The van der Waals surface area contributed by atoms with Crippen molar-refractivity contribution in [2.75, 3.05) is 6.54 Å². The zero-order valence-corrected chi connectivity index (χ0v) is 27.5. The van der Waals surface area contributed by atoms with Crippen LogP contribution in [-0.2, 0) is 4.79 Å². The van der Waals surface area contributed by atoms with Crippen molar-refractivity contribution >= 4 is 38.4 Å². The van der Waals surface area contributed by atoms with Crippen LogP contribution in [0.2, 0.25) is 18.1 Å². The van der Waals surface area contributed by atoms with Crippen LogP contribution < -0.4 is 20.1 Å². The smallest absolute Gasteiger partial charge is 0.410 e. The Morgan fingerprint density at radius 3 is 1.82 bits per heavy atom. The molecule has 9 nitrogen and oxygen atoms in total. The minimum atomic E-state index is -2.11. The maximum atomic E-state index is 13.6. The van der Waals surface area contributed by atoms with Crippen LogP contribution in [0.15, 0.2) is 102 Å². The number of nitrogens with zero attached hydrogens (tertiary/aromatic N) is 2. The van der Waals surface area contributed by atoms with E-state index < -0.39 is 20.4 Å². The minimum absolute atomic E-state index is 0.00567. The summed E-state index contributed by atoms with van der Waals surface area (Å²) in [5.41, 5.74) is 1.09. The SMILES string of the molecule is CC(C)(C)[Si](C)(C)N1C(=O)[C@H](CCCN=C(NC(=O)Oc2ccccc2)NC(=O)Oc2ccccc2)[C@H]1C=Cc1ccccc1. The lowest BCUT2D eigenvalue weighted by atomic mass is 9.85. The Bertz CT molecular complexity index is 1450. The van der Waals surface area contributed by atoms with E-state index in [-0.39, 0.29) is 35.4 Å². The van der Waals surface area contributed by atoms with E-state index >= 15 is 0 Å². The van der Waals surface area contributed by atoms with Crippen molar-refractivity contribution in [1.82, 2.24) is 15.2 Å². The highest BCUT2D eigenvalue weighted by atomic mass is 28.3. The number of para-hydroxylation sites is 2. The number of aliphatic imine (C=N–C) groups is 1. The van der Waals surface area contributed by atoms with Crippen molar-refractivity contribution < 1.29 is 23.9 Å². The molecule has 1 aliphatic rings. The van der Waals surface area contributed by atoms with Crippen LogP contribution in [0.25, 0.3) is 6.08 Å². The summed E-state index contributed by atoms with van der Waals surface area (Å²) in [6, 6.07) is 27.2. The highest BCUT2D eigenvalue weighted by Gasteiger charge is 2.55. The number of hydrogen-bond donors (Lipinski definition) is 2. The van der Waals surface area contributed by atoms with Crippen LogP contribution in [0, 0.1) is 5.92 Å². The molecule has 0 spiro atoms. The van der Waals surface area contributed by atoms with Crippen LogP contribution in [0.4, 0.5) is 9.59 Å². The first-order valence-electron chi connectivity index (χ1n) is 15.1. The standard InChI is InChI=1S/C35H42N4O5Si/c1-35(2,3)45(4,5)39-30(24-23-26-16-9-6-10-17-26)29(31(39)40)22-15-25-36-32(37-33(41)43-27-18-11-7-12-19-27)38-34(42)44-28-20-13-8-14-21-28/h6-14,16-21,23-24,29-30H,15,22,25H2,1-5H3,(H2,36,37,38,41,42)/t29-,30-/m1/s1. The maximum absolute atomic E-state index is 13.6. The second-order valence-corrected chi connectivity index (χ2v) is 17.5. The molecule has 1 heterocycles. The molecule has 3 aromatic rings. The molecule has 236 valence electrons. The molecule has 4 rings (SSSR count). The quantitative estimate of drug-likeness (QED) is 0.0855. The van der Waals surface area contributed by atoms with Gasteiger partial charge in [-0.2, -0.15) is 0 Å². The summed E-state index contributed by atoms with van der Waals surface area (Å²) in [5, 5.41) is 4.99. The van der Waals surface area contributed by atoms with Crippen LogP contribution in [0.5, 0.6) is 11.5 Å². The molecule has 3 amide bonds. The molecule has 0 radical (unpaired) electrons. The van der Waals surface area contributed by atoms with Gasteiger partial charge in [0, 0.05) is 6.54 Å². The van der Waals surface area contributed by atoms with Crippen LogP contribution >= 0.6 is 0 Å². The fourth-order valence-corrected chi connectivity index (χ4v) is 7.37. The third-order valence-electron chi connectivity index (χ3n) is 8.28. The average molecular weight is 627 g/mol. The zero-order chi connectivity index (χ0) is 32.5. The van der Waals surface area contributed by atoms with Gasteiger partial charge in [0.1, 0.15) is 11.5 Å². The van der Waals surface area contributed by atoms with E-state index in [0.717, 1.165) is 5.56 Å². The second kappa shape index (κ2) is 14.9. The average Bonchev–Trinajstić information content (AvgIpc) is 2.99. The zero-order valence-electron chi connectivity index (χ0n) is 26.5. The Labute approximate surface area is 266 Å².